The first-order chi connectivity index (χ1) is 9.15. The zero-order valence-corrected chi connectivity index (χ0v) is 11.9. The molecule has 0 saturated carbocycles. The average Bonchev–Trinajstić information content (AvgIpc) is 2.39. The van der Waals surface area contributed by atoms with Gasteiger partial charge in [0.15, 0.2) is 5.78 Å². The van der Waals surface area contributed by atoms with Crippen molar-refractivity contribution in [2.45, 2.75) is 39.0 Å². The molecule has 0 bridgehead atoms. The summed E-state index contributed by atoms with van der Waals surface area (Å²) < 4.78 is 0. The maximum Gasteiger partial charge on any atom is 0.158 e. The van der Waals surface area contributed by atoms with Gasteiger partial charge in [-0.2, -0.15) is 0 Å². The fourth-order valence-corrected chi connectivity index (χ4v) is 2.50. The highest BCUT2D eigenvalue weighted by Crippen LogP contribution is 2.30. The molecule has 0 amide bonds. The summed E-state index contributed by atoms with van der Waals surface area (Å²) in [6.07, 6.45) is 4.52. The standard InChI is InChI=1S/C17H23NO/c1-13(2)8-9-18-16-10-15(11-17(19)12-16)14-6-4-3-5-7-14/h3-7,12-13,15,18H,8-11H2,1-2H3. The molecule has 0 radical (unpaired) electrons. The summed E-state index contributed by atoms with van der Waals surface area (Å²) in [5.41, 5.74) is 2.37. The third-order valence-electron chi connectivity index (χ3n) is 3.59. The topological polar surface area (TPSA) is 29.1 Å². The molecule has 1 N–H and O–H groups in total. The molecule has 1 aliphatic carbocycles. The Morgan fingerprint density at radius 2 is 1.95 bits per heavy atom. The molecule has 0 saturated heterocycles. The molecule has 0 spiro atoms. The predicted octanol–water partition coefficient (Wildman–Crippen LogP) is 3.65. The van der Waals surface area contributed by atoms with E-state index in [9.17, 15) is 4.79 Å². The van der Waals surface area contributed by atoms with Gasteiger partial charge in [0.2, 0.25) is 0 Å². The van der Waals surface area contributed by atoms with Crippen LogP contribution in [0.25, 0.3) is 0 Å². The van der Waals surface area contributed by atoms with E-state index in [-0.39, 0.29) is 5.78 Å². The molecule has 2 rings (SSSR count). The Kier molecular flexibility index (Phi) is 4.78. The molecule has 1 aromatic carbocycles. The van der Waals surface area contributed by atoms with Crippen LogP contribution in [0.1, 0.15) is 44.6 Å². The molecule has 0 heterocycles. The predicted molar refractivity (Wildman–Crippen MR) is 79.0 cm³/mol. The van der Waals surface area contributed by atoms with Crippen LogP contribution in [0.2, 0.25) is 0 Å². The van der Waals surface area contributed by atoms with Crippen LogP contribution in [0, 0.1) is 5.92 Å². The van der Waals surface area contributed by atoms with E-state index in [1.807, 2.05) is 18.2 Å². The van der Waals surface area contributed by atoms with Crippen molar-refractivity contribution >= 4 is 5.78 Å². The highest BCUT2D eigenvalue weighted by Gasteiger charge is 2.21. The lowest BCUT2D eigenvalue weighted by molar-refractivity contribution is -0.115. The highest BCUT2D eigenvalue weighted by molar-refractivity contribution is 5.91. The van der Waals surface area contributed by atoms with Gasteiger partial charge in [-0.25, -0.2) is 0 Å². The molecular formula is C17H23NO. The summed E-state index contributed by atoms with van der Waals surface area (Å²) in [6.45, 7) is 5.39. The van der Waals surface area contributed by atoms with E-state index in [0.717, 1.165) is 25.1 Å². The number of allylic oxidation sites excluding steroid dienone is 2. The maximum absolute atomic E-state index is 11.8. The van der Waals surface area contributed by atoms with Crippen LogP contribution in [0.15, 0.2) is 42.1 Å². The number of hydrogen-bond acceptors (Lipinski definition) is 2. The second-order valence-electron chi connectivity index (χ2n) is 5.76. The molecule has 2 nitrogen and oxygen atoms in total. The van der Waals surface area contributed by atoms with Gasteiger partial charge in [0.25, 0.3) is 0 Å². The Labute approximate surface area is 115 Å². The van der Waals surface area contributed by atoms with E-state index in [0.29, 0.717) is 18.3 Å². The van der Waals surface area contributed by atoms with Gasteiger partial charge >= 0.3 is 0 Å². The Bertz CT molecular complexity index is 448. The van der Waals surface area contributed by atoms with Gasteiger partial charge in [-0.15, -0.1) is 0 Å². The van der Waals surface area contributed by atoms with Crippen LogP contribution in [0.5, 0.6) is 0 Å². The third kappa shape index (κ3) is 4.23. The van der Waals surface area contributed by atoms with Gasteiger partial charge in [-0.05, 0) is 30.2 Å². The SMILES string of the molecule is CC(C)CCNC1=CC(=O)CC(c2ccccc2)C1. The maximum atomic E-state index is 11.8. The second kappa shape index (κ2) is 6.55. The smallest absolute Gasteiger partial charge is 0.158 e. The fraction of sp³-hybridized carbons (Fsp3) is 0.471. The number of hydrogen-bond donors (Lipinski definition) is 1. The molecule has 2 heteroatoms. The van der Waals surface area contributed by atoms with Crippen LogP contribution in [-0.2, 0) is 4.79 Å². The minimum absolute atomic E-state index is 0.243. The quantitative estimate of drug-likeness (QED) is 0.872. The summed E-state index contributed by atoms with van der Waals surface area (Å²) >= 11 is 0. The number of nitrogens with one attached hydrogen (secondary N) is 1. The van der Waals surface area contributed by atoms with E-state index < -0.39 is 0 Å². The molecule has 1 aliphatic rings. The minimum atomic E-state index is 0.243. The van der Waals surface area contributed by atoms with Gasteiger partial charge in [-0.1, -0.05) is 44.2 Å². The molecule has 0 fully saturated rings. The Hall–Kier alpha value is -1.57. The van der Waals surface area contributed by atoms with Gasteiger partial charge in [0.1, 0.15) is 0 Å². The van der Waals surface area contributed by atoms with E-state index in [4.69, 9.17) is 0 Å². The number of benzene rings is 1. The van der Waals surface area contributed by atoms with E-state index in [1.165, 1.54) is 5.56 Å². The van der Waals surface area contributed by atoms with E-state index in [2.05, 4.69) is 31.3 Å². The lowest BCUT2D eigenvalue weighted by atomic mass is 9.85. The Balaban J connectivity index is 1.97. The van der Waals surface area contributed by atoms with Crippen molar-refractivity contribution in [3.8, 4) is 0 Å². The molecule has 0 aliphatic heterocycles. The third-order valence-corrected chi connectivity index (χ3v) is 3.59. The van der Waals surface area contributed by atoms with Crippen molar-refractivity contribution in [2.24, 2.45) is 5.92 Å². The van der Waals surface area contributed by atoms with Crippen molar-refractivity contribution < 1.29 is 4.79 Å². The van der Waals surface area contributed by atoms with Gasteiger partial charge in [0.05, 0.1) is 0 Å². The largest absolute Gasteiger partial charge is 0.388 e. The summed E-state index contributed by atoms with van der Waals surface area (Å²) in [5.74, 6) is 1.27. The van der Waals surface area contributed by atoms with Crippen molar-refractivity contribution in [2.75, 3.05) is 6.54 Å². The number of ketones is 1. The zero-order chi connectivity index (χ0) is 13.7. The number of carbonyl (C=O) groups is 1. The first-order valence-corrected chi connectivity index (χ1v) is 7.17. The normalized spacial score (nSPS) is 19.4. The summed E-state index contributed by atoms with van der Waals surface area (Å²) in [4.78, 5) is 11.8. The lowest BCUT2D eigenvalue weighted by Crippen LogP contribution is -2.23. The molecule has 1 unspecified atom stereocenters. The average molecular weight is 257 g/mol. The summed E-state index contributed by atoms with van der Waals surface area (Å²) in [5, 5.41) is 3.42. The Morgan fingerprint density at radius 3 is 2.63 bits per heavy atom. The van der Waals surface area contributed by atoms with E-state index >= 15 is 0 Å². The van der Waals surface area contributed by atoms with Crippen molar-refractivity contribution in [1.29, 1.82) is 0 Å². The molecule has 102 valence electrons. The van der Waals surface area contributed by atoms with Crippen LogP contribution in [0.4, 0.5) is 0 Å². The molecular weight excluding hydrogens is 234 g/mol. The van der Waals surface area contributed by atoms with Crippen LogP contribution < -0.4 is 5.32 Å². The zero-order valence-electron chi connectivity index (χ0n) is 11.9. The number of carbonyl (C=O) groups excluding carboxylic acids is 1. The van der Waals surface area contributed by atoms with Crippen molar-refractivity contribution in [3.05, 3.63) is 47.7 Å². The summed E-state index contributed by atoms with van der Waals surface area (Å²) in [7, 11) is 0. The molecule has 19 heavy (non-hydrogen) atoms. The monoisotopic (exact) mass is 257 g/mol. The Morgan fingerprint density at radius 1 is 1.21 bits per heavy atom. The van der Waals surface area contributed by atoms with Gasteiger partial charge in [0, 0.05) is 24.7 Å². The molecule has 1 atom stereocenters. The van der Waals surface area contributed by atoms with Crippen LogP contribution >= 0.6 is 0 Å². The van der Waals surface area contributed by atoms with Crippen molar-refractivity contribution in [3.63, 3.8) is 0 Å². The fourth-order valence-electron chi connectivity index (χ4n) is 2.50. The molecule has 1 aromatic rings. The van der Waals surface area contributed by atoms with Gasteiger partial charge in [-0.3, -0.25) is 4.79 Å². The lowest BCUT2D eigenvalue weighted by Gasteiger charge is -2.23. The molecule has 0 aromatic heterocycles. The van der Waals surface area contributed by atoms with Crippen molar-refractivity contribution in [1.82, 2.24) is 5.32 Å². The number of rotatable bonds is 5. The second-order valence-corrected chi connectivity index (χ2v) is 5.76. The highest BCUT2D eigenvalue weighted by atomic mass is 16.1. The first kappa shape index (κ1) is 13.9. The summed E-state index contributed by atoms with van der Waals surface area (Å²) in [6, 6.07) is 10.4. The van der Waals surface area contributed by atoms with E-state index in [1.54, 1.807) is 6.08 Å². The van der Waals surface area contributed by atoms with Crippen LogP contribution in [-0.4, -0.2) is 12.3 Å². The van der Waals surface area contributed by atoms with Crippen LogP contribution in [0.3, 0.4) is 0 Å². The first-order valence-electron chi connectivity index (χ1n) is 7.17. The minimum Gasteiger partial charge on any atom is -0.388 e. The van der Waals surface area contributed by atoms with Gasteiger partial charge < -0.3 is 5.32 Å².